The number of nitriles is 1. The van der Waals surface area contributed by atoms with E-state index in [1.165, 1.54) is 0 Å². The summed E-state index contributed by atoms with van der Waals surface area (Å²) in [5.74, 6) is 0. The average Bonchev–Trinajstić information content (AvgIpc) is 2.20. The Morgan fingerprint density at radius 3 is 2.75 bits per heavy atom. The van der Waals surface area contributed by atoms with Crippen molar-refractivity contribution >= 4 is 28.3 Å². The van der Waals surface area contributed by atoms with Crippen molar-refractivity contribution in [2.24, 2.45) is 0 Å². The third-order valence-corrected chi connectivity index (χ3v) is 2.75. The highest BCUT2D eigenvalue weighted by atomic mass is 127. The Morgan fingerprint density at radius 2 is 2.31 bits per heavy atom. The standard InChI is InChI=1S/C8H4F2IN3O2/c9-7(10)6-4(1-2-12)8(11)13-3-5(6)14(15)16/h3,7H,1H2. The number of halogens is 3. The fourth-order valence-electron chi connectivity index (χ4n) is 1.17. The predicted octanol–water partition coefficient (Wildman–Crippen LogP) is 2.60. The fourth-order valence-corrected chi connectivity index (χ4v) is 1.79. The van der Waals surface area contributed by atoms with Gasteiger partial charge in [-0.15, -0.1) is 0 Å². The van der Waals surface area contributed by atoms with Crippen molar-refractivity contribution in [3.8, 4) is 6.07 Å². The van der Waals surface area contributed by atoms with Crippen molar-refractivity contribution in [1.82, 2.24) is 4.98 Å². The van der Waals surface area contributed by atoms with Gasteiger partial charge >= 0.3 is 0 Å². The van der Waals surface area contributed by atoms with E-state index in [1.807, 2.05) is 0 Å². The normalized spacial score (nSPS) is 10.2. The van der Waals surface area contributed by atoms with E-state index < -0.39 is 22.6 Å². The van der Waals surface area contributed by atoms with Gasteiger partial charge in [0.15, 0.2) is 0 Å². The minimum atomic E-state index is -3.00. The van der Waals surface area contributed by atoms with Crippen molar-refractivity contribution in [2.45, 2.75) is 12.8 Å². The van der Waals surface area contributed by atoms with Gasteiger partial charge in [0.05, 0.1) is 17.4 Å². The van der Waals surface area contributed by atoms with Crippen LogP contribution in [0.1, 0.15) is 17.6 Å². The first kappa shape index (κ1) is 12.7. The summed E-state index contributed by atoms with van der Waals surface area (Å²) in [4.78, 5) is 13.2. The molecule has 0 fully saturated rings. The Labute approximate surface area is 102 Å². The molecule has 0 aromatic carbocycles. The van der Waals surface area contributed by atoms with Gasteiger partial charge in [-0.3, -0.25) is 10.1 Å². The molecule has 5 nitrogen and oxygen atoms in total. The molecule has 0 aliphatic heterocycles. The third-order valence-electron chi connectivity index (χ3n) is 1.82. The smallest absolute Gasteiger partial charge is 0.258 e. The second-order valence-electron chi connectivity index (χ2n) is 2.72. The minimum absolute atomic E-state index is 0.0766. The van der Waals surface area contributed by atoms with Gasteiger partial charge in [0.25, 0.3) is 12.1 Å². The van der Waals surface area contributed by atoms with Gasteiger partial charge in [-0.2, -0.15) is 5.26 Å². The first-order valence-electron chi connectivity index (χ1n) is 3.95. The van der Waals surface area contributed by atoms with E-state index in [0.29, 0.717) is 0 Å². The maximum absolute atomic E-state index is 12.7. The minimum Gasteiger partial charge on any atom is -0.258 e. The molecule has 0 amide bonds. The van der Waals surface area contributed by atoms with Crippen LogP contribution in [-0.4, -0.2) is 9.91 Å². The number of aromatic nitrogens is 1. The lowest BCUT2D eigenvalue weighted by Crippen LogP contribution is -2.05. The van der Waals surface area contributed by atoms with Gasteiger partial charge in [0, 0.05) is 5.56 Å². The van der Waals surface area contributed by atoms with Crippen LogP contribution in [0.3, 0.4) is 0 Å². The molecule has 0 atom stereocenters. The van der Waals surface area contributed by atoms with E-state index in [2.05, 4.69) is 4.98 Å². The largest absolute Gasteiger partial charge is 0.296 e. The highest BCUT2D eigenvalue weighted by Crippen LogP contribution is 2.33. The van der Waals surface area contributed by atoms with Crippen LogP contribution < -0.4 is 0 Å². The van der Waals surface area contributed by atoms with Gasteiger partial charge < -0.3 is 0 Å². The van der Waals surface area contributed by atoms with Gasteiger partial charge in [-0.25, -0.2) is 13.8 Å². The Balaban J connectivity index is 3.51. The summed E-state index contributed by atoms with van der Waals surface area (Å²) in [6.07, 6.45) is -2.54. The number of nitrogens with zero attached hydrogens (tertiary/aromatic N) is 3. The summed E-state index contributed by atoms with van der Waals surface area (Å²) < 4.78 is 25.6. The van der Waals surface area contributed by atoms with Crippen LogP contribution in [0.4, 0.5) is 14.5 Å². The topological polar surface area (TPSA) is 79.8 Å². The Morgan fingerprint density at radius 1 is 1.69 bits per heavy atom. The van der Waals surface area contributed by atoms with Crippen LogP contribution in [0.25, 0.3) is 0 Å². The van der Waals surface area contributed by atoms with Crippen molar-refractivity contribution in [1.29, 1.82) is 5.26 Å². The lowest BCUT2D eigenvalue weighted by atomic mass is 10.1. The van der Waals surface area contributed by atoms with Crippen LogP contribution in [0.5, 0.6) is 0 Å². The van der Waals surface area contributed by atoms with Crippen LogP contribution in [-0.2, 0) is 6.42 Å². The zero-order valence-electron chi connectivity index (χ0n) is 7.65. The van der Waals surface area contributed by atoms with Crippen LogP contribution in [0.2, 0.25) is 0 Å². The Kier molecular flexibility index (Phi) is 4.05. The van der Waals surface area contributed by atoms with E-state index in [0.717, 1.165) is 6.20 Å². The van der Waals surface area contributed by atoms with Crippen LogP contribution >= 0.6 is 22.6 Å². The summed E-state index contributed by atoms with van der Waals surface area (Å²) in [7, 11) is 0. The van der Waals surface area contributed by atoms with E-state index in [-0.39, 0.29) is 15.7 Å². The molecule has 0 saturated heterocycles. The van der Waals surface area contributed by atoms with Crippen molar-refractivity contribution in [2.75, 3.05) is 0 Å². The zero-order chi connectivity index (χ0) is 12.3. The quantitative estimate of drug-likeness (QED) is 0.367. The van der Waals surface area contributed by atoms with Crippen LogP contribution in [0, 0.1) is 25.1 Å². The van der Waals surface area contributed by atoms with E-state index in [1.54, 1.807) is 28.7 Å². The molecule has 8 heteroatoms. The lowest BCUT2D eigenvalue weighted by molar-refractivity contribution is -0.386. The number of hydrogen-bond acceptors (Lipinski definition) is 4. The molecule has 1 aromatic heterocycles. The first-order chi connectivity index (χ1) is 7.49. The molecule has 1 rings (SSSR count). The molecule has 1 aromatic rings. The molecule has 0 bridgehead atoms. The van der Waals surface area contributed by atoms with E-state index in [9.17, 15) is 18.9 Å². The number of hydrogen-bond donors (Lipinski definition) is 0. The SMILES string of the molecule is N#CCc1c(I)ncc([N+](=O)[O-])c1C(F)F. The molecule has 0 aliphatic carbocycles. The molecule has 1 heterocycles. The second kappa shape index (κ2) is 5.11. The number of alkyl halides is 2. The molecule has 0 spiro atoms. The molecule has 0 radical (unpaired) electrons. The molecule has 0 N–H and O–H groups in total. The summed E-state index contributed by atoms with van der Waals surface area (Å²) >= 11 is 1.66. The monoisotopic (exact) mass is 339 g/mol. The van der Waals surface area contributed by atoms with Crippen molar-refractivity contribution in [3.05, 3.63) is 31.1 Å². The summed E-state index contributed by atoms with van der Waals surface area (Å²) in [5, 5.41) is 19.0. The molecule has 0 unspecified atom stereocenters. The third kappa shape index (κ3) is 2.41. The predicted molar refractivity (Wildman–Crippen MR) is 57.9 cm³/mol. The molecule has 84 valence electrons. The molecule has 0 aliphatic rings. The maximum Gasteiger partial charge on any atom is 0.296 e. The Bertz CT molecular complexity index is 473. The molecular formula is C8H4F2IN3O2. The number of pyridine rings is 1. The molecule has 0 saturated carbocycles. The van der Waals surface area contributed by atoms with Crippen molar-refractivity contribution < 1.29 is 13.7 Å². The second-order valence-corrected chi connectivity index (χ2v) is 3.74. The van der Waals surface area contributed by atoms with Gasteiger partial charge in [0.2, 0.25) is 0 Å². The number of rotatable bonds is 3. The van der Waals surface area contributed by atoms with Gasteiger partial charge in [-0.1, -0.05) is 0 Å². The van der Waals surface area contributed by atoms with E-state index >= 15 is 0 Å². The first-order valence-corrected chi connectivity index (χ1v) is 5.03. The zero-order valence-corrected chi connectivity index (χ0v) is 9.81. The van der Waals surface area contributed by atoms with Crippen molar-refractivity contribution in [3.63, 3.8) is 0 Å². The van der Waals surface area contributed by atoms with Gasteiger partial charge in [-0.05, 0) is 22.6 Å². The Hall–Kier alpha value is -1.37. The van der Waals surface area contributed by atoms with Crippen LogP contribution in [0.15, 0.2) is 6.20 Å². The summed E-state index contributed by atoms with van der Waals surface area (Å²) in [6.45, 7) is 0. The highest BCUT2D eigenvalue weighted by Gasteiger charge is 2.27. The van der Waals surface area contributed by atoms with E-state index in [4.69, 9.17) is 5.26 Å². The fraction of sp³-hybridized carbons (Fsp3) is 0.250. The average molecular weight is 339 g/mol. The lowest BCUT2D eigenvalue weighted by Gasteiger charge is -2.07. The number of nitro groups is 1. The molecular weight excluding hydrogens is 335 g/mol. The summed E-state index contributed by atoms with van der Waals surface area (Å²) in [6, 6.07) is 1.69. The molecule has 16 heavy (non-hydrogen) atoms. The summed E-state index contributed by atoms with van der Waals surface area (Å²) in [5.41, 5.74) is -1.54. The maximum atomic E-state index is 12.7. The van der Waals surface area contributed by atoms with Gasteiger partial charge in [0.1, 0.15) is 15.5 Å². The highest BCUT2D eigenvalue weighted by molar-refractivity contribution is 14.1.